The molecule has 0 aliphatic carbocycles. The highest BCUT2D eigenvalue weighted by molar-refractivity contribution is 5.95. The average Bonchev–Trinajstić information content (AvgIpc) is 3.30. The van der Waals surface area contributed by atoms with E-state index in [2.05, 4.69) is 0 Å². The molecule has 0 fully saturated rings. The van der Waals surface area contributed by atoms with Crippen molar-refractivity contribution >= 4 is 24.0 Å². The predicted octanol–water partition coefficient (Wildman–Crippen LogP) is 7.02. The average molecular weight is 516 g/mol. The summed E-state index contributed by atoms with van der Waals surface area (Å²) in [6, 6.07) is 13.8. The second-order valence-corrected chi connectivity index (χ2v) is 10.9. The first-order valence-corrected chi connectivity index (χ1v) is 12.7. The Labute approximate surface area is 223 Å². The van der Waals surface area contributed by atoms with Crippen LogP contribution in [-0.4, -0.2) is 27.5 Å². The van der Waals surface area contributed by atoms with E-state index in [9.17, 15) is 19.1 Å². The number of ether oxygens (including phenoxy) is 1. The van der Waals surface area contributed by atoms with Gasteiger partial charge in [0.1, 0.15) is 5.82 Å². The summed E-state index contributed by atoms with van der Waals surface area (Å²) < 4.78 is 19.9. The zero-order valence-electron chi connectivity index (χ0n) is 22.8. The standard InChI is InChI=1S/C32H34FNO4/c1-19-10-12-22(13-11-19)14-15-25-20(2)26-17-34(30(35)23-8-7-9-24(33)16-23)18-27(26)21(3)28(25)29(31(36)37)38-32(4,5)6/h7-16,29H,17-18H2,1-6H3,(H,36,37)/b15-14+/t29-/m0/s1. The van der Waals surface area contributed by atoms with Gasteiger partial charge in [0, 0.05) is 24.2 Å². The fraction of sp³-hybridized carbons (Fsp3) is 0.312. The van der Waals surface area contributed by atoms with Gasteiger partial charge < -0.3 is 14.7 Å². The van der Waals surface area contributed by atoms with Gasteiger partial charge in [-0.2, -0.15) is 0 Å². The van der Waals surface area contributed by atoms with Crippen LogP contribution in [0.25, 0.3) is 12.2 Å². The van der Waals surface area contributed by atoms with Gasteiger partial charge in [0.05, 0.1) is 5.60 Å². The van der Waals surface area contributed by atoms with Gasteiger partial charge in [-0.15, -0.1) is 0 Å². The second kappa shape index (κ2) is 10.5. The van der Waals surface area contributed by atoms with Crippen LogP contribution in [0.5, 0.6) is 0 Å². The Kier molecular flexibility index (Phi) is 7.56. The van der Waals surface area contributed by atoms with Crippen molar-refractivity contribution in [1.82, 2.24) is 4.90 Å². The molecule has 3 aromatic carbocycles. The molecule has 6 heteroatoms. The minimum absolute atomic E-state index is 0.265. The lowest BCUT2D eigenvalue weighted by atomic mass is 9.85. The SMILES string of the molecule is Cc1ccc(/C=C/c2c(C)c3c(c(C)c2[C@H](OC(C)(C)C)C(=O)O)CN(C(=O)c2cccc(F)c2)C3)cc1. The van der Waals surface area contributed by atoms with Crippen molar-refractivity contribution in [2.75, 3.05) is 0 Å². The zero-order chi connectivity index (χ0) is 27.8. The molecule has 5 nitrogen and oxygen atoms in total. The number of benzene rings is 3. The number of amides is 1. The fourth-order valence-electron chi connectivity index (χ4n) is 4.99. The van der Waals surface area contributed by atoms with Crippen molar-refractivity contribution in [1.29, 1.82) is 0 Å². The second-order valence-electron chi connectivity index (χ2n) is 10.9. The maximum absolute atomic E-state index is 13.8. The lowest BCUT2D eigenvalue weighted by Gasteiger charge is -2.29. The van der Waals surface area contributed by atoms with Crippen LogP contribution in [0.2, 0.25) is 0 Å². The zero-order valence-corrected chi connectivity index (χ0v) is 22.8. The number of carbonyl (C=O) groups excluding carboxylic acids is 1. The topological polar surface area (TPSA) is 66.8 Å². The summed E-state index contributed by atoms with van der Waals surface area (Å²) in [6.45, 7) is 12.1. The van der Waals surface area contributed by atoms with E-state index in [0.717, 1.165) is 38.9 Å². The van der Waals surface area contributed by atoms with E-state index in [1.807, 2.05) is 78.0 Å². The lowest BCUT2D eigenvalue weighted by molar-refractivity contribution is -0.160. The first-order chi connectivity index (χ1) is 17.9. The van der Waals surface area contributed by atoms with E-state index in [0.29, 0.717) is 18.7 Å². The van der Waals surface area contributed by atoms with Gasteiger partial charge in [0.2, 0.25) is 0 Å². The minimum Gasteiger partial charge on any atom is -0.479 e. The van der Waals surface area contributed by atoms with Gasteiger partial charge in [-0.05, 0) is 93.1 Å². The quantitative estimate of drug-likeness (QED) is 0.358. The molecular formula is C32H34FNO4. The molecule has 1 N–H and O–H groups in total. The molecule has 0 radical (unpaired) electrons. The number of fused-ring (bicyclic) bond motifs is 1. The first kappa shape index (κ1) is 27.3. The molecule has 0 unspecified atom stereocenters. The van der Waals surface area contributed by atoms with Crippen LogP contribution in [0.1, 0.15) is 81.7 Å². The molecule has 1 amide bonds. The fourth-order valence-corrected chi connectivity index (χ4v) is 4.99. The first-order valence-electron chi connectivity index (χ1n) is 12.7. The number of rotatable bonds is 6. The van der Waals surface area contributed by atoms with Crippen molar-refractivity contribution in [3.63, 3.8) is 0 Å². The van der Waals surface area contributed by atoms with Gasteiger partial charge in [0.15, 0.2) is 6.10 Å². The number of halogens is 1. The van der Waals surface area contributed by atoms with E-state index in [-0.39, 0.29) is 11.5 Å². The lowest BCUT2D eigenvalue weighted by Crippen LogP contribution is -2.29. The number of carboxylic acid groups (broad SMARTS) is 1. The molecule has 0 bridgehead atoms. The number of hydrogen-bond donors (Lipinski definition) is 1. The van der Waals surface area contributed by atoms with Crippen LogP contribution in [0.4, 0.5) is 4.39 Å². The van der Waals surface area contributed by atoms with Gasteiger partial charge in [-0.1, -0.05) is 48.0 Å². The van der Waals surface area contributed by atoms with Crippen molar-refractivity contribution in [3.8, 4) is 0 Å². The Hall–Kier alpha value is -3.77. The van der Waals surface area contributed by atoms with Crippen LogP contribution in [-0.2, 0) is 22.6 Å². The number of carboxylic acids is 1. The number of aliphatic carboxylic acids is 1. The number of hydrogen-bond acceptors (Lipinski definition) is 3. The van der Waals surface area contributed by atoms with Gasteiger partial charge >= 0.3 is 5.97 Å². The Morgan fingerprint density at radius 2 is 1.61 bits per heavy atom. The predicted molar refractivity (Wildman–Crippen MR) is 147 cm³/mol. The molecule has 1 aliphatic rings. The summed E-state index contributed by atoms with van der Waals surface area (Å²) in [6.07, 6.45) is 2.73. The monoisotopic (exact) mass is 515 g/mol. The maximum Gasteiger partial charge on any atom is 0.337 e. The molecule has 0 saturated heterocycles. The molecule has 1 aliphatic heterocycles. The Morgan fingerprint density at radius 3 is 2.18 bits per heavy atom. The van der Waals surface area contributed by atoms with Crippen molar-refractivity contribution in [3.05, 3.63) is 104 Å². The van der Waals surface area contributed by atoms with Gasteiger partial charge in [-0.3, -0.25) is 4.79 Å². The summed E-state index contributed by atoms with van der Waals surface area (Å²) in [4.78, 5) is 27.5. The highest BCUT2D eigenvalue weighted by Gasteiger charge is 2.35. The van der Waals surface area contributed by atoms with E-state index in [1.165, 1.54) is 18.2 Å². The Bertz CT molecular complexity index is 1420. The molecule has 0 spiro atoms. The summed E-state index contributed by atoms with van der Waals surface area (Å²) in [5, 5.41) is 10.3. The van der Waals surface area contributed by atoms with Crippen LogP contribution < -0.4 is 0 Å². The highest BCUT2D eigenvalue weighted by atomic mass is 19.1. The summed E-state index contributed by atoms with van der Waals surface area (Å²) in [5.74, 6) is -1.80. The molecule has 1 atom stereocenters. The number of nitrogens with zero attached hydrogens (tertiary/aromatic N) is 1. The third-order valence-electron chi connectivity index (χ3n) is 6.90. The van der Waals surface area contributed by atoms with Crippen LogP contribution in [0.15, 0.2) is 48.5 Å². The normalized spacial score (nSPS) is 14.1. The third kappa shape index (κ3) is 5.70. The molecule has 0 aromatic heterocycles. The summed E-state index contributed by atoms with van der Waals surface area (Å²) in [5.41, 5.74) is 6.70. The summed E-state index contributed by atoms with van der Waals surface area (Å²) in [7, 11) is 0. The maximum atomic E-state index is 13.8. The molecule has 4 rings (SSSR count). The van der Waals surface area contributed by atoms with Crippen LogP contribution >= 0.6 is 0 Å². The van der Waals surface area contributed by atoms with E-state index >= 15 is 0 Å². The highest BCUT2D eigenvalue weighted by Crippen LogP contribution is 2.40. The van der Waals surface area contributed by atoms with Crippen LogP contribution in [0.3, 0.4) is 0 Å². The van der Waals surface area contributed by atoms with Crippen LogP contribution in [0, 0.1) is 26.6 Å². The molecule has 0 saturated carbocycles. The molecule has 1 heterocycles. The molecule has 3 aromatic rings. The van der Waals surface area contributed by atoms with Gasteiger partial charge in [0.25, 0.3) is 5.91 Å². The number of carbonyl (C=O) groups is 2. The van der Waals surface area contributed by atoms with Gasteiger partial charge in [-0.25, -0.2) is 9.18 Å². The molecule has 198 valence electrons. The molecule has 38 heavy (non-hydrogen) atoms. The van der Waals surface area contributed by atoms with E-state index < -0.39 is 23.5 Å². The van der Waals surface area contributed by atoms with E-state index in [1.54, 1.807) is 11.0 Å². The largest absolute Gasteiger partial charge is 0.479 e. The Balaban J connectivity index is 1.84. The van der Waals surface area contributed by atoms with Crippen molar-refractivity contribution < 1.29 is 23.8 Å². The smallest absolute Gasteiger partial charge is 0.337 e. The minimum atomic E-state index is -1.19. The van der Waals surface area contributed by atoms with Crippen molar-refractivity contribution in [2.24, 2.45) is 0 Å². The number of aryl methyl sites for hydroxylation is 1. The summed E-state index contributed by atoms with van der Waals surface area (Å²) >= 11 is 0. The molecular weight excluding hydrogens is 481 g/mol. The third-order valence-corrected chi connectivity index (χ3v) is 6.90. The Morgan fingerprint density at radius 1 is 0.974 bits per heavy atom. The van der Waals surface area contributed by atoms with E-state index in [4.69, 9.17) is 4.74 Å². The van der Waals surface area contributed by atoms with Crippen molar-refractivity contribution in [2.45, 2.75) is 66.3 Å².